The minimum Gasteiger partial charge on any atom is -0.508 e. The summed E-state index contributed by atoms with van der Waals surface area (Å²) in [6, 6.07) is 0. The van der Waals surface area contributed by atoms with Crippen LogP contribution in [0.3, 0.4) is 0 Å². The van der Waals surface area contributed by atoms with Crippen LogP contribution in [-0.2, 0) is 10.0 Å². The zero-order valence-corrected chi connectivity index (χ0v) is 18.0. The minimum atomic E-state index is -3.67. The predicted molar refractivity (Wildman–Crippen MR) is 114 cm³/mol. The molecule has 0 fully saturated rings. The highest BCUT2D eigenvalue weighted by Crippen LogP contribution is 2.16. The van der Waals surface area contributed by atoms with E-state index >= 15 is 0 Å². The molecular formula is C19H38N4O3S. The Balaban J connectivity index is 5.90. The van der Waals surface area contributed by atoms with Gasteiger partial charge in [0.1, 0.15) is 5.76 Å². The van der Waals surface area contributed by atoms with Crippen LogP contribution < -0.4 is 10.9 Å². The van der Waals surface area contributed by atoms with Gasteiger partial charge in [-0.1, -0.05) is 39.8 Å². The van der Waals surface area contributed by atoms with E-state index in [4.69, 9.17) is 10.9 Å². The molecule has 0 aromatic heterocycles. The van der Waals surface area contributed by atoms with Gasteiger partial charge in [-0.3, -0.25) is 4.90 Å². The number of likely N-dealkylation sites (N-methyl/N-ethyl adjacent to an activating group) is 1. The van der Waals surface area contributed by atoms with E-state index in [1.807, 2.05) is 6.08 Å². The number of sulfonamides is 1. The van der Waals surface area contributed by atoms with Crippen molar-refractivity contribution in [1.29, 1.82) is 0 Å². The maximum atomic E-state index is 11.3. The normalized spacial score (nSPS) is 13.3. The van der Waals surface area contributed by atoms with Gasteiger partial charge in [0, 0.05) is 44.0 Å². The quantitative estimate of drug-likeness (QED) is 0.285. The first-order chi connectivity index (χ1) is 12.7. The summed E-state index contributed by atoms with van der Waals surface area (Å²) < 4.78 is 22.6. The lowest BCUT2D eigenvalue weighted by Crippen LogP contribution is -2.37. The van der Waals surface area contributed by atoms with E-state index < -0.39 is 10.0 Å². The molecule has 0 aliphatic heterocycles. The summed E-state index contributed by atoms with van der Waals surface area (Å²) in [6.45, 7) is 14.5. The number of nitrogens with zero attached hydrogens (tertiary/aromatic N) is 2. The largest absolute Gasteiger partial charge is 0.508 e. The first-order valence-electron chi connectivity index (χ1n) is 9.65. The predicted octanol–water partition coefficient (Wildman–Crippen LogP) is 1.95. The Morgan fingerprint density at radius 1 is 1.15 bits per heavy atom. The van der Waals surface area contributed by atoms with Crippen LogP contribution in [0.1, 0.15) is 40.0 Å². The second kappa shape index (κ2) is 13.8. The van der Waals surface area contributed by atoms with Gasteiger partial charge in [-0.05, 0) is 25.5 Å². The molecule has 0 amide bonds. The molecule has 5 N–H and O–H groups in total. The van der Waals surface area contributed by atoms with Gasteiger partial charge in [0.25, 0.3) is 0 Å². The van der Waals surface area contributed by atoms with E-state index in [2.05, 4.69) is 37.1 Å². The highest BCUT2D eigenvalue weighted by molar-refractivity contribution is 7.89. The van der Waals surface area contributed by atoms with Crippen LogP contribution in [0.25, 0.3) is 0 Å². The van der Waals surface area contributed by atoms with Crippen molar-refractivity contribution in [1.82, 2.24) is 9.80 Å². The molecule has 0 heterocycles. The number of hydrogen-bond acceptors (Lipinski definition) is 6. The second-order valence-corrected chi connectivity index (χ2v) is 8.23. The van der Waals surface area contributed by atoms with Gasteiger partial charge in [0.05, 0.1) is 5.75 Å². The summed E-state index contributed by atoms with van der Waals surface area (Å²) in [4.78, 5) is 4.51. The molecule has 0 saturated carbocycles. The zero-order chi connectivity index (χ0) is 20.9. The first kappa shape index (κ1) is 25.6. The summed E-state index contributed by atoms with van der Waals surface area (Å²) in [6.07, 6.45) is 6.34. The topological polar surface area (TPSA) is 113 Å². The molecule has 0 atom stereocenters. The van der Waals surface area contributed by atoms with Crippen molar-refractivity contribution in [2.45, 2.75) is 40.0 Å². The number of aliphatic hydroxyl groups is 1. The number of aliphatic hydroxyl groups excluding tert-OH is 1. The average Bonchev–Trinajstić information content (AvgIpc) is 2.59. The molecule has 0 bridgehead atoms. The van der Waals surface area contributed by atoms with Crippen molar-refractivity contribution in [2.24, 2.45) is 10.9 Å². The molecule has 0 aliphatic carbocycles. The number of unbranched alkanes of at least 4 members (excludes halogenated alkanes) is 1. The van der Waals surface area contributed by atoms with E-state index in [9.17, 15) is 13.5 Å². The third-order valence-corrected chi connectivity index (χ3v) is 4.78. The summed E-state index contributed by atoms with van der Waals surface area (Å²) in [5, 5.41) is 15.0. The van der Waals surface area contributed by atoms with Crippen LogP contribution in [0.5, 0.6) is 0 Å². The van der Waals surface area contributed by atoms with Crippen LogP contribution in [0.4, 0.5) is 0 Å². The molecule has 0 radical (unpaired) electrons. The standard InChI is InChI=1S/C19H38N4O3S/c1-5-8-12-23(11-6-2)19(16-22(7-3)13-10-20)15-18(17(4)24)9-14-27(21,25)26/h9,15,24H,4-8,10-14,16,20H2,1-3H3,(H2,21,25,26)/b18-9+,19-15+. The van der Waals surface area contributed by atoms with Crippen LogP contribution in [0, 0.1) is 0 Å². The number of hydrogen-bond donors (Lipinski definition) is 3. The van der Waals surface area contributed by atoms with Crippen molar-refractivity contribution in [3.8, 4) is 0 Å². The molecule has 8 heteroatoms. The van der Waals surface area contributed by atoms with Gasteiger partial charge < -0.3 is 15.7 Å². The van der Waals surface area contributed by atoms with Crippen molar-refractivity contribution >= 4 is 10.0 Å². The first-order valence-corrected chi connectivity index (χ1v) is 11.4. The van der Waals surface area contributed by atoms with Crippen LogP contribution >= 0.6 is 0 Å². The number of allylic oxidation sites excluding steroid dienone is 1. The zero-order valence-electron chi connectivity index (χ0n) is 17.2. The monoisotopic (exact) mass is 402 g/mol. The summed E-state index contributed by atoms with van der Waals surface area (Å²) >= 11 is 0. The van der Waals surface area contributed by atoms with Crippen molar-refractivity contribution in [3.05, 3.63) is 35.8 Å². The fraction of sp³-hybridized carbons (Fsp3) is 0.684. The smallest absolute Gasteiger partial charge is 0.212 e. The third-order valence-electron chi connectivity index (χ3n) is 4.15. The lowest BCUT2D eigenvalue weighted by Gasteiger charge is -2.31. The Labute approximate surface area is 165 Å². The van der Waals surface area contributed by atoms with Crippen molar-refractivity contribution < 1.29 is 13.5 Å². The highest BCUT2D eigenvalue weighted by Gasteiger charge is 2.14. The molecule has 0 rings (SSSR count). The Bertz CT molecular complexity index is 600. The maximum absolute atomic E-state index is 11.3. The van der Waals surface area contributed by atoms with Crippen LogP contribution in [-0.4, -0.2) is 68.3 Å². The third kappa shape index (κ3) is 11.9. The van der Waals surface area contributed by atoms with E-state index in [0.29, 0.717) is 18.7 Å². The Morgan fingerprint density at radius 3 is 2.26 bits per heavy atom. The van der Waals surface area contributed by atoms with Crippen LogP contribution in [0.2, 0.25) is 0 Å². The molecule has 0 saturated heterocycles. The molecule has 0 aromatic rings. The summed E-state index contributed by atoms with van der Waals surface area (Å²) in [5.74, 6) is -0.528. The van der Waals surface area contributed by atoms with Crippen molar-refractivity contribution in [2.75, 3.05) is 45.0 Å². The fourth-order valence-corrected chi connectivity index (χ4v) is 3.07. The van der Waals surface area contributed by atoms with Crippen molar-refractivity contribution in [3.63, 3.8) is 0 Å². The lowest BCUT2D eigenvalue weighted by molar-refractivity contribution is 0.258. The fourth-order valence-electron chi connectivity index (χ4n) is 2.66. The number of primary sulfonamides is 1. The average molecular weight is 403 g/mol. The summed E-state index contributed by atoms with van der Waals surface area (Å²) in [5.41, 5.74) is 7.11. The maximum Gasteiger partial charge on any atom is 0.212 e. The van der Waals surface area contributed by atoms with E-state index in [0.717, 1.165) is 51.1 Å². The van der Waals surface area contributed by atoms with Gasteiger partial charge in [-0.2, -0.15) is 0 Å². The van der Waals surface area contributed by atoms with Gasteiger partial charge in [0.2, 0.25) is 10.0 Å². The SMILES string of the molecule is C=C(O)C(=C/CS(N)(=O)=O)/C=C(\CN(CC)CCN)N(CCC)CCCC. The van der Waals surface area contributed by atoms with Gasteiger partial charge in [0.15, 0.2) is 0 Å². The molecule has 0 unspecified atom stereocenters. The van der Waals surface area contributed by atoms with E-state index in [1.165, 1.54) is 6.08 Å². The molecule has 0 aromatic carbocycles. The van der Waals surface area contributed by atoms with Crippen LogP contribution in [0.15, 0.2) is 35.8 Å². The Kier molecular flexibility index (Phi) is 13.1. The van der Waals surface area contributed by atoms with Gasteiger partial charge in [-0.15, -0.1) is 0 Å². The van der Waals surface area contributed by atoms with Gasteiger partial charge >= 0.3 is 0 Å². The molecule has 0 spiro atoms. The minimum absolute atomic E-state index is 0.176. The number of nitrogens with two attached hydrogens (primary N) is 2. The lowest BCUT2D eigenvalue weighted by atomic mass is 10.1. The molecular weight excluding hydrogens is 364 g/mol. The molecule has 7 nitrogen and oxygen atoms in total. The molecule has 158 valence electrons. The molecule has 27 heavy (non-hydrogen) atoms. The Morgan fingerprint density at radius 2 is 1.81 bits per heavy atom. The van der Waals surface area contributed by atoms with E-state index in [-0.39, 0.29) is 11.5 Å². The molecule has 0 aliphatic rings. The van der Waals surface area contributed by atoms with Gasteiger partial charge in [-0.25, -0.2) is 13.6 Å². The highest BCUT2D eigenvalue weighted by atomic mass is 32.2. The van der Waals surface area contributed by atoms with E-state index in [1.54, 1.807) is 0 Å². The number of rotatable bonds is 15. The Hall–Kier alpha value is -1.35. The summed E-state index contributed by atoms with van der Waals surface area (Å²) in [7, 11) is -3.67. The second-order valence-electron chi connectivity index (χ2n) is 6.57.